The molecule has 0 spiro atoms. The quantitative estimate of drug-likeness (QED) is 0.219. The monoisotopic (exact) mass is 564 g/mol. The van der Waals surface area contributed by atoms with Crippen molar-refractivity contribution < 1.29 is 0 Å². The number of rotatable bonds is 11. The van der Waals surface area contributed by atoms with E-state index in [1.54, 1.807) is 185 Å². The molecule has 0 atom stereocenters. The Bertz CT molecular complexity index is 512. The van der Waals surface area contributed by atoms with Gasteiger partial charge in [0.2, 0.25) is 0 Å². The number of hydrogen-bond donors (Lipinski definition) is 0. The molecule has 0 N–H and O–H groups in total. The zero-order valence-corrected chi connectivity index (χ0v) is 27.4. The summed E-state index contributed by atoms with van der Waals surface area (Å²) in [5, 5.41) is 0. The molecule has 5 fully saturated rings. The Kier molecular flexibility index (Phi) is 13.4. The van der Waals surface area contributed by atoms with E-state index in [-0.39, 0.29) is 0 Å². The molecule has 0 heterocycles. The molecule has 5 saturated carbocycles. The normalized spacial score (nSPS) is 27.0. The standard InChI is InChI=1S/C34H63P3/c1-6-16-30(17-7-1)35(26-28-36(31-18-8-2-9-19-31)32-20-10-3-11-21-32)27-29-37(33-22-12-4-13-23-33)34-24-14-5-15-25-34/h30-34H,1-29H2. The van der Waals surface area contributed by atoms with Crippen LogP contribution in [0, 0.1) is 0 Å². The molecule has 0 radical (unpaired) electrons. The van der Waals surface area contributed by atoms with Gasteiger partial charge < -0.3 is 0 Å². The predicted octanol–water partition coefficient (Wildman–Crippen LogP) is 12.1. The third kappa shape index (κ3) is 9.14. The van der Waals surface area contributed by atoms with Crippen molar-refractivity contribution in [2.75, 3.05) is 24.6 Å². The maximum absolute atomic E-state index is 1.72. The van der Waals surface area contributed by atoms with Crippen LogP contribution in [0.25, 0.3) is 0 Å². The Balaban J connectivity index is 1.24. The van der Waals surface area contributed by atoms with Crippen LogP contribution >= 0.6 is 23.8 Å². The van der Waals surface area contributed by atoms with E-state index in [1.807, 2.05) is 0 Å². The van der Waals surface area contributed by atoms with Gasteiger partial charge in [-0.15, -0.1) is 7.92 Å². The largest absolute Gasteiger partial charge is 0.103 e. The van der Waals surface area contributed by atoms with E-state index in [1.165, 1.54) is 28.3 Å². The second kappa shape index (κ2) is 16.7. The maximum atomic E-state index is 1.72. The van der Waals surface area contributed by atoms with Gasteiger partial charge in [-0.25, -0.2) is 0 Å². The van der Waals surface area contributed by atoms with Crippen LogP contribution in [0.1, 0.15) is 161 Å². The summed E-state index contributed by atoms with van der Waals surface area (Å²) in [5.41, 5.74) is 5.88. The van der Waals surface area contributed by atoms with Crippen molar-refractivity contribution in [3.63, 3.8) is 0 Å². The second-order valence-corrected chi connectivity index (χ2v) is 22.6. The fraction of sp³-hybridized carbons (Fsp3) is 1.00. The first-order valence-corrected chi connectivity index (χ1v) is 22.8. The van der Waals surface area contributed by atoms with Crippen LogP contribution in [0.2, 0.25) is 0 Å². The van der Waals surface area contributed by atoms with Crippen LogP contribution in [0.4, 0.5) is 0 Å². The molecule has 0 nitrogen and oxygen atoms in total. The Morgan fingerprint density at radius 3 is 0.784 bits per heavy atom. The van der Waals surface area contributed by atoms with Crippen molar-refractivity contribution in [3.05, 3.63) is 0 Å². The van der Waals surface area contributed by atoms with Crippen LogP contribution in [-0.2, 0) is 0 Å². The highest BCUT2D eigenvalue weighted by Crippen LogP contribution is 2.61. The smallest absolute Gasteiger partial charge is 0.0207 e. The van der Waals surface area contributed by atoms with E-state index < -0.39 is 0 Å². The van der Waals surface area contributed by atoms with Gasteiger partial charge in [0.15, 0.2) is 0 Å². The van der Waals surface area contributed by atoms with E-state index in [4.69, 9.17) is 0 Å². The van der Waals surface area contributed by atoms with Crippen LogP contribution in [-0.4, -0.2) is 52.9 Å². The van der Waals surface area contributed by atoms with E-state index in [0.29, 0.717) is 23.8 Å². The van der Waals surface area contributed by atoms with Gasteiger partial charge >= 0.3 is 0 Å². The molecule has 0 unspecified atom stereocenters. The summed E-state index contributed by atoms with van der Waals surface area (Å²) in [5.74, 6) is 0. The molecular weight excluding hydrogens is 501 g/mol. The van der Waals surface area contributed by atoms with Gasteiger partial charge in [-0.1, -0.05) is 112 Å². The van der Waals surface area contributed by atoms with E-state index in [9.17, 15) is 0 Å². The lowest BCUT2D eigenvalue weighted by molar-refractivity contribution is 0.484. The molecule has 3 heteroatoms. The zero-order chi connectivity index (χ0) is 25.1. The fourth-order valence-electron chi connectivity index (χ4n) is 9.39. The van der Waals surface area contributed by atoms with Crippen molar-refractivity contribution >= 4 is 23.8 Å². The SMILES string of the molecule is C1CCC(P(CCP(C2CCCCC2)C2CCCCC2)CCP(C2CCCCC2)C2CCCCC2)CC1. The van der Waals surface area contributed by atoms with Gasteiger partial charge in [0.25, 0.3) is 0 Å². The van der Waals surface area contributed by atoms with Gasteiger partial charge in [-0.3, -0.25) is 0 Å². The molecule has 0 saturated heterocycles. The topological polar surface area (TPSA) is 0 Å². The molecule has 5 rings (SSSR count). The average Bonchev–Trinajstić information content (AvgIpc) is 2.99. The molecule has 214 valence electrons. The lowest BCUT2D eigenvalue weighted by Gasteiger charge is -2.42. The summed E-state index contributed by atoms with van der Waals surface area (Å²) < 4.78 is 0. The van der Waals surface area contributed by atoms with E-state index in [2.05, 4.69) is 0 Å². The summed E-state index contributed by atoms with van der Waals surface area (Å²) in [6, 6.07) is 0. The average molecular weight is 565 g/mol. The molecule has 5 aliphatic rings. The highest BCUT2D eigenvalue weighted by molar-refractivity contribution is 7.64. The molecule has 0 aromatic carbocycles. The maximum Gasteiger partial charge on any atom is -0.0207 e. The summed E-state index contributed by atoms with van der Waals surface area (Å²) in [4.78, 5) is 0. The van der Waals surface area contributed by atoms with Crippen molar-refractivity contribution in [3.8, 4) is 0 Å². The first-order chi connectivity index (χ1) is 18.4. The summed E-state index contributed by atoms with van der Waals surface area (Å²) in [6.07, 6.45) is 46.6. The molecule has 37 heavy (non-hydrogen) atoms. The van der Waals surface area contributed by atoms with Gasteiger partial charge in [0.1, 0.15) is 0 Å². The molecule has 0 aliphatic heterocycles. The molecule has 0 aromatic heterocycles. The van der Waals surface area contributed by atoms with E-state index >= 15 is 0 Å². The van der Waals surface area contributed by atoms with Crippen LogP contribution in [0.3, 0.4) is 0 Å². The minimum Gasteiger partial charge on any atom is -0.103 e. The van der Waals surface area contributed by atoms with Crippen molar-refractivity contribution in [2.24, 2.45) is 0 Å². The molecule has 0 aromatic rings. The number of hydrogen-bond acceptors (Lipinski definition) is 0. The van der Waals surface area contributed by atoms with Gasteiger partial charge in [-0.05, 0) is 117 Å². The highest BCUT2D eigenvalue weighted by atomic mass is 31.1. The summed E-state index contributed by atoms with van der Waals surface area (Å²) in [6.45, 7) is 0. The minimum absolute atomic E-state index is 0.304. The second-order valence-electron chi connectivity index (χ2n) is 14.0. The fourth-order valence-corrected chi connectivity index (χ4v) is 22.1. The van der Waals surface area contributed by atoms with Gasteiger partial charge in [-0.2, -0.15) is 0 Å². The summed E-state index contributed by atoms with van der Waals surface area (Å²) >= 11 is 0. The van der Waals surface area contributed by atoms with Gasteiger partial charge in [0, 0.05) is 0 Å². The first kappa shape index (κ1) is 29.8. The van der Waals surface area contributed by atoms with Crippen molar-refractivity contribution in [1.82, 2.24) is 0 Å². The molecule has 5 aliphatic carbocycles. The zero-order valence-electron chi connectivity index (χ0n) is 24.7. The molecule has 0 amide bonds. The lowest BCUT2D eigenvalue weighted by atomic mass is 9.99. The van der Waals surface area contributed by atoms with Crippen LogP contribution in [0.5, 0.6) is 0 Å². The Labute approximate surface area is 236 Å². The van der Waals surface area contributed by atoms with E-state index in [0.717, 1.165) is 0 Å². The molecule has 0 bridgehead atoms. The third-order valence-electron chi connectivity index (χ3n) is 11.6. The summed E-state index contributed by atoms with van der Waals surface area (Å²) in [7, 11) is 0.946. The van der Waals surface area contributed by atoms with Crippen LogP contribution < -0.4 is 0 Å². The third-order valence-corrected chi connectivity index (χ3v) is 22.7. The first-order valence-electron chi connectivity index (χ1n) is 17.6. The van der Waals surface area contributed by atoms with Gasteiger partial charge in [0.05, 0.1) is 0 Å². The highest BCUT2D eigenvalue weighted by Gasteiger charge is 2.35. The lowest BCUT2D eigenvalue weighted by Crippen LogP contribution is -2.25. The van der Waals surface area contributed by atoms with Crippen LogP contribution in [0.15, 0.2) is 0 Å². The van der Waals surface area contributed by atoms with Crippen molar-refractivity contribution in [2.45, 2.75) is 189 Å². The Morgan fingerprint density at radius 1 is 0.270 bits per heavy atom. The predicted molar refractivity (Wildman–Crippen MR) is 175 cm³/mol. The minimum atomic E-state index is 0.304. The van der Waals surface area contributed by atoms with Crippen molar-refractivity contribution in [1.29, 1.82) is 0 Å². The molecular formula is C34H63P3. The Morgan fingerprint density at radius 2 is 0.514 bits per heavy atom. The Hall–Kier alpha value is 1.29.